The highest BCUT2D eigenvalue weighted by atomic mass is 16.3. The Morgan fingerprint density at radius 2 is 1.13 bits per heavy atom. The van der Waals surface area contributed by atoms with Crippen LogP contribution in [0.1, 0.15) is 74.7 Å². The molecule has 0 radical (unpaired) electrons. The van der Waals surface area contributed by atoms with Gasteiger partial charge in [0.15, 0.2) is 11.6 Å². The lowest BCUT2D eigenvalue weighted by Crippen LogP contribution is -2.52. The first-order valence-electron chi connectivity index (χ1n) is 13.5. The van der Waals surface area contributed by atoms with Crippen molar-refractivity contribution in [1.82, 2.24) is 20.4 Å². The largest absolute Gasteiger partial charge is 0.390 e. The van der Waals surface area contributed by atoms with Gasteiger partial charge in [0.1, 0.15) is 22.7 Å². The third-order valence-corrected chi connectivity index (χ3v) is 8.51. The molecule has 0 saturated carbocycles. The number of allylic oxidation sites excluding steroid dienone is 2. The molecule has 4 N–H and O–H groups in total. The Labute approximate surface area is 229 Å². The van der Waals surface area contributed by atoms with Crippen LogP contribution in [0.2, 0.25) is 0 Å². The summed E-state index contributed by atoms with van der Waals surface area (Å²) in [6.45, 7) is 14.2. The van der Waals surface area contributed by atoms with E-state index in [0.29, 0.717) is 12.8 Å². The Hall–Kier alpha value is -3.24. The minimum absolute atomic E-state index is 0.177. The Bertz CT molecular complexity index is 1170. The molecule has 4 aliphatic heterocycles. The predicted octanol–water partition coefficient (Wildman–Crippen LogP) is 1.56. The Kier molecular flexibility index (Phi) is 7.19. The van der Waals surface area contributed by atoms with E-state index in [0.717, 1.165) is 11.1 Å². The van der Waals surface area contributed by atoms with Gasteiger partial charge in [0.2, 0.25) is 11.8 Å². The molecule has 4 aliphatic rings. The fraction of sp³-hybridized carbons (Fsp3) is 0.586. The number of nitrogens with one attached hydrogen (secondary N) is 2. The molecule has 2 amide bonds. The molecule has 0 aromatic carbocycles. The zero-order valence-corrected chi connectivity index (χ0v) is 24.0. The summed E-state index contributed by atoms with van der Waals surface area (Å²) in [5, 5.41) is 27.6. The van der Waals surface area contributed by atoms with Gasteiger partial charge < -0.3 is 30.6 Å². The number of carbonyl (C=O) groups is 4. The van der Waals surface area contributed by atoms with Gasteiger partial charge in [-0.2, -0.15) is 0 Å². The quantitative estimate of drug-likeness (QED) is 0.372. The average molecular weight is 541 g/mol. The van der Waals surface area contributed by atoms with E-state index < -0.39 is 35.1 Å². The molecule has 0 unspecified atom stereocenters. The van der Waals surface area contributed by atoms with Gasteiger partial charge in [-0.15, -0.1) is 0 Å². The number of aliphatic hydroxyl groups is 2. The van der Waals surface area contributed by atoms with Crippen LogP contribution < -0.4 is 10.6 Å². The number of hydrogen-bond acceptors (Lipinski definition) is 8. The number of amides is 2. The van der Waals surface area contributed by atoms with Gasteiger partial charge in [0.25, 0.3) is 0 Å². The molecule has 0 bridgehead atoms. The fourth-order valence-electron chi connectivity index (χ4n) is 6.70. The predicted molar refractivity (Wildman–Crippen MR) is 144 cm³/mol. The lowest BCUT2D eigenvalue weighted by atomic mass is 9.84. The van der Waals surface area contributed by atoms with Crippen molar-refractivity contribution in [2.24, 2.45) is 0 Å². The number of rotatable bonds is 6. The van der Waals surface area contributed by atoms with Gasteiger partial charge in [-0.25, -0.2) is 0 Å². The van der Waals surface area contributed by atoms with Crippen molar-refractivity contribution in [1.29, 1.82) is 0 Å². The first kappa shape index (κ1) is 28.8. The number of fused-ring (bicyclic) bond motifs is 2. The van der Waals surface area contributed by atoms with Crippen molar-refractivity contribution in [3.05, 3.63) is 46.1 Å². The number of hydrogen-bond donors (Lipinski definition) is 4. The maximum absolute atomic E-state index is 14.0. The van der Waals surface area contributed by atoms with Gasteiger partial charge in [0.05, 0.1) is 12.2 Å². The summed E-state index contributed by atoms with van der Waals surface area (Å²) in [6.07, 6.45) is 1.41. The molecule has 4 heterocycles. The van der Waals surface area contributed by atoms with E-state index in [1.807, 2.05) is 13.8 Å². The molecule has 39 heavy (non-hydrogen) atoms. The van der Waals surface area contributed by atoms with E-state index in [2.05, 4.69) is 10.6 Å². The first-order chi connectivity index (χ1) is 18.0. The Morgan fingerprint density at radius 3 is 1.44 bits per heavy atom. The summed E-state index contributed by atoms with van der Waals surface area (Å²) in [4.78, 5) is 57.1. The van der Waals surface area contributed by atoms with E-state index in [1.165, 1.54) is 12.2 Å². The molecule has 2 saturated heterocycles. The van der Waals surface area contributed by atoms with Crippen molar-refractivity contribution in [2.45, 2.75) is 110 Å². The second-order valence-corrected chi connectivity index (χ2v) is 12.1. The van der Waals surface area contributed by atoms with Crippen LogP contribution in [0.15, 0.2) is 46.1 Å². The summed E-state index contributed by atoms with van der Waals surface area (Å²) in [5.74, 6) is -1.09. The molecule has 212 valence electrons. The molecule has 0 spiro atoms. The van der Waals surface area contributed by atoms with Crippen molar-refractivity contribution in [2.75, 3.05) is 0 Å². The summed E-state index contributed by atoms with van der Waals surface area (Å²) >= 11 is 0. The first-order valence-corrected chi connectivity index (χ1v) is 13.5. The van der Waals surface area contributed by atoms with E-state index in [1.54, 1.807) is 51.3 Å². The van der Waals surface area contributed by atoms with Crippen LogP contribution >= 0.6 is 0 Å². The third kappa shape index (κ3) is 4.34. The smallest absolute Gasteiger partial charge is 0.249 e. The summed E-state index contributed by atoms with van der Waals surface area (Å²) in [5.41, 5.74) is -0.701. The van der Waals surface area contributed by atoms with Gasteiger partial charge >= 0.3 is 0 Å². The normalized spacial score (nSPS) is 33.5. The van der Waals surface area contributed by atoms with Crippen molar-refractivity contribution >= 4 is 23.4 Å². The summed E-state index contributed by atoms with van der Waals surface area (Å²) < 4.78 is 0. The summed E-state index contributed by atoms with van der Waals surface area (Å²) in [7, 11) is 0. The van der Waals surface area contributed by atoms with Crippen LogP contribution in [0.5, 0.6) is 0 Å². The van der Waals surface area contributed by atoms with Crippen molar-refractivity contribution in [3.8, 4) is 0 Å². The van der Waals surface area contributed by atoms with Gasteiger partial charge in [-0.1, -0.05) is 11.1 Å². The molecule has 2 fully saturated rings. The van der Waals surface area contributed by atoms with E-state index in [9.17, 15) is 29.4 Å². The molecule has 10 nitrogen and oxygen atoms in total. The molecule has 4 rings (SSSR count). The van der Waals surface area contributed by atoms with E-state index >= 15 is 0 Å². The van der Waals surface area contributed by atoms with Crippen LogP contribution in [0.4, 0.5) is 0 Å². The van der Waals surface area contributed by atoms with Crippen LogP contribution in [0, 0.1) is 0 Å². The lowest BCUT2D eigenvalue weighted by Gasteiger charge is -2.34. The molecule has 0 aromatic rings. The molecule has 0 aromatic heterocycles. The summed E-state index contributed by atoms with van der Waals surface area (Å²) in [6, 6.07) is -0.498. The monoisotopic (exact) mass is 540 g/mol. The Morgan fingerprint density at radius 1 is 0.795 bits per heavy atom. The minimum atomic E-state index is -1.30. The van der Waals surface area contributed by atoms with Gasteiger partial charge in [-0.3, -0.25) is 19.2 Å². The molecular formula is C29H40N4O6. The maximum Gasteiger partial charge on any atom is 0.249 e. The minimum Gasteiger partial charge on any atom is -0.390 e. The third-order valence-electron chi connectivity index (χ3n) is 8.51. The standard InChI is InChI=1S/C29H40N4O6/c1-14(2)9-22(36)30-26-18(24(38)28(7)20(34)11-16(5)32(26)28)13-19-25(39)29(8)21(35)12-17(6)33(29)27(19)31-23(37)10-15(3)4/h9-10,16-17,20-21,34-35H,11-13H2,1-8H3,(H,30,36)(H,31,37)/t16-,17-,20+,21+,28-,29-/m0/s1. The zero-order chi connectivity index (χ0) is 29.2. The number of ketones is 2. The number of nitrogens with zero attached hydrogens (tertiary/aromatic N) is 2. The molecule has 10 heteroatoms. The second-order valence-electron chi connectivity index (χ2n) is 12.1. The molecule has 6 atom stereocenters. The fourth-order valence-corrected chi connectivity index (χ4v) is 6.70. The number of Topliss-reactive ketones (excluding diaryl/α,β-unsaturated/α-hetero) is 2. The van der Waals surface area contributed by atoms with E-state index in [4.69, 9.17) is 0 Å². The highest BCUT2D eigenvalue weighted by molar-refractivity contribution is 6.12. The van der Waals surface area contributed by atoms with Crippen LogP contribution in [-0.4, -0.2) is 78.8 Å². The van der Waals surface area contributed by atoms with E-state index in [-0.39, 0.29) is 52.9 Å². The zero-order valence-electron chi connectivity index (χ0n) is 24.0. The topological polar surface area (TPSA) is 139 Å². The number of aliphatic hydroxyl groups excluding tert-OH is 2. The maximum atomic E-state index is 14.0. The highest BCUT2D eigenvalue weighted by Gasteiger charge is 2.63. The van der Waals surface area contributed by atoms with Crippen molar-refractivity contribution in [3.63, 3.8) is 0 Å². The molecule has 0 aliphatic carbocycles. The second kappa shape index (κ2) is 9.75. The Balaban J connectivity index is 1.87. The van der Waals surface area contributed by atoms with Gasteiger partial charge in [-0.05, 0) is 68.2 Å². The van der Waals surface area contributed by atoms with Crippen LogP contribution in [0.25, 0.3) is 0 Å². The average Bonchev–Trinajstić information content (AvgIpc) is 3.34. The van der Waals surface area contributed by atoms with Crippen LogP contribution in [0.3, 0.4) is 0 Å². The van der Waals surface area contributed by atoms with Crippen LogP contribution in [-0.2, 0) is 19.2 Å². The molecular weight excluding hydrogens is 500 g/mol. The van der Waals surface area contributed by atoms with Crippen molar-refractivity contribution < 1.29 is 29.4 Å². The SMILES string of the molecule is CC(C)=CC(=O)NC1=C(CC2=C(NC(=O)C=C(C)C)N3[C@@H](C)C[C@@H](O)[C@@]3(C)C2=O)C(=O)[C@]2(C)[C@H](O)C[C@H](C)N12. The number of carbonyl (C=O) groups excluding carboxylic acids is 4. The highest BCUT2D eigenvalue weighted by Crippen LogP contribution is 2.49. The lowest BCUT2D eigenvalue weighted by molar-refractivity contribution is -0.127. The van der Waals surface area contributed by atoms with Gasteiger partial charge in [0, 0.05) is 41.8 Å².